The summed E-state index contributed by atoms with van der Waals surface area (Å²) < 4.78 is 0. The fraction of sp³-hybridized carbons (Fsp3) is 0.875. The van der Waals surface area contributed by atoms with Crippen LogP contribution in [0.25, 0.3) is 0 Å². The van der Waals surface area contributed by atoms with E-state index in [1.807, 2.05) is 11.8 Å². The molecule has 1 aliphatic heterocycles. The molecule has 3 rings (SSSR count). The van der Waals surface area contributed by atoms with Crippen LogP contribution in [0.5, 0.6) is 0 Å². The summed E-state index contributed by atoms with van der Waals surface area (Å²) in [5.41, 5.74) is 0. The van der Waals surface area contributed by atoms with E-state index in [1.165, 1.54) is 12.8 Å². The molecule has 2 saturated carbocycles. The third-order valence-corrected chi connectivity index (χ3v) is 5.32. The Kier molecular flexibility index (Phi) is 3.74. The summed E-state index contributed by atoms with van der Waals surface area (Å²) in [6, 6.07) is -0.184. The number of carbonyl (C=O) groups excluding carboxylic acids is 2. The van der Waals surface area contributed by atoms with Gasteiger partial charge in [-0.1, -0.05) is 13.8 Å². The number of nitrogens with one attached hydrogen (secondary N) is 1. The van der Waals surface area contributed by atoms with Crippen LogP contribution in [0.4, 0.5) is 0 Å². The van der Waals surface area contributed by atoms with Gasteiger partial charge in [-0.3, -0.25) is 9.59 Å². The molecule has 4 nitrogen and oxygen atoms in total. The number of hydrogen-bond acceptors (Lipinski definition) is 2. The number of amides is 2. The van der Waals surface area contributed by atoms with Gasteiger partial charge in [-0.2, -0.15) is 0 Å². The van der Waals surface area contributed by atoms with Crippen LogP contribution >= 0.6 is 0 Å². The molecule has 2 atom stereocenters. The highest BCUT2D eigenvalue weighted by atomic mass is 16.2. The minimum atomic E-state index is -0.240. The second-order valence-electron chi connectivity index (χ2n) is 6.91. The zero-order chi connectivity index (χ0) is 14.3. The van der Waals surface area contributed by atoms with E-state index < -0.39 is 0 Å². The maximum Gasteiger partial charge on any atom is 0.246 e. The molecule has 4 heteroatoms. The minimum Gasteiger partial charge on any atom is -0.342 e. The third-order valence-electron chi connectivity index (χ3n) is 5.32. The average Bonchev–Trinajstić information content (AvgIpc) is 3.26. The van der Waals surface area contributed by atoms with Crippen LogP contribution in [0.1, 0.15) is 58.8 Å². The molecule has 20 heavy (non-hydrogen) atoms. The number of carbonyl (C=O) groups is 2. The maximum atomic E-state index is 12.8. The fourth-order valence-electron chi connectivity index (χ4n) is 3.84. The van der Waals surface area contributed by atoms with Crippen LogP contribution in [0.3, 0.4) is 0 Å². The lowest BCUT2D eigenvalue weighted by Gasteiger charge is -2.45. The smallest absolute Gasteiger partial charge is 0.246 e. The van der Waals surface area contributed by atoms with Crippen molar-refractivity contribution in [1.82, 2.24) is 10.2 Å². The Morgan fingerprint density at radius 1 is 1.10 bits per heavy atom. The first-order valence-corrected chi connectivity index (χ1v) is 8.24. The average molecular weight is 278 g/mol. The maximum absolute atomic E-state index is 12.8. The summed E-state index contributed by atoms with van der Waals surface area (Å²) in [6.45, 7) is 4.29. The van der Waals surface area contributed by atoms with Crippen molar-refractivity contribution < 1.29 is 9.59 Å². The van der Waals surface area contributed by atoms with Crippen molar-refractivity contribution in [2.24, 2.45) is 11.8 Å². The normalized spacial score (nSPS) is 38.8. The Hall–Kier alpha value is -1.06. The van der Waals surface area contributed by atoms with E-state index in [4.69, 9.17) is 0 Å². The first-order chi connectivity index (χ1) is 9.61. The molecule has 0 aromatic rings. The molecule has 2 amide bonds. The lowest BCUT2D eigenvalue weighted by Crippen LogP contribution is -2.66. The van der Waals surface area contributed by atoms with Crippen LogP contribution in [0, 0.1) is 11.8 Å². The SMILES string of the molecule is CCC1C(=O)NC(C2CC2)C(=O)N1C1CCC(C)CC1. The van der Waals surface area contributed by atoms with Gasteiger partial charge < -0.3 is 10.2 Å². The Bertz CT molecular complexity index is 397. The van der Waals surface area contributed by atoms with E-state index in [1.54, 1.807) is 0 Å². The lowest BCUT2D eigenvalue weighted by atomic mass is 9.84. The van der Waals surface area contributed by atoms with Crippen molar-refractivity contribution in [2.45, 2.75) is 76.9 Å². The molecule has 0 radical (unpaired) electrons. The van der Waals surface area contributed by atoms with Crippen LogP contribution in [0.2, 0.25) is 0 Å². The van der Waals surface area contributed by atoms with Crippen molar-refractivity contribution in [1.29, 1.82) is 0 Å². The standard InChI is InChI=1S/C16H26N2O2/c1-3-13-15(19)17-14(11-6-7-11)16(20)18(13)12-8-4-10(2)5-9-12/h10-14H,3-9H2,1-2H3,(H,17,19). The van der Waals surface area contributed by atoms with Gasteiger partial charge in [0.2, 0.25) is 11.8 Å². The van der Waals surface area contributed by atoms with Gasteiger partial charge >= 0.3 is 0 Å². The highest BCUT2D eigenvalue weighted by Crippen LogP contribution is 2.37. The monoisotopic (exact) mass is 278 g/mol. The molecular formula is C16H26N2O2. The topological polar surface area (TPSA) is 49.4 Å². The van der Waals surface area contributed by atoms with Crippen LogP contribution in [-0.2, 0) is 9.59 Å². The van der Waals surface area contributed by atoms with E-state index in [2.05, 4.69) is 12.2 Å². The highest BCUT2D eigenvalue weighted by molar-refractivity contribution is 5.97. The number of nitrogens with zero attached hydrogens (tertiary/aromatic N) is 1. The van der Waals surface area contributed by atoms with Crippen molar-refractivity contribution in [3.63, 3.8) is 0 Å². The summed E-state index contributed by atoms with van der Waals surface area (Å²) in [4.78, 5) is 27.1. The predicted octanol–water partition coefficient (Wildman–Crippen LogP) is 2.08. The van der Waals surface area contributed by atoms with E-state index in [-0.39, 0.29) is 29.9 Å². The zero-order valence-electron chi connectivity index (χ0n) is 12.6. The zero-order valence-corrected chi connectivity index (χ0v) is 12.6. The molecule has 112 valence electrons. The summed E-state index contributed by atoms with van der Waals surface area (Å²) in [7, 11) is 0. The summed E-state index contributed by atoms with van der Waals surface area (Å²) >= 11 is 0. The Morgan fingerprint density at radius 3 is 2.30 bits per heavy atom. The second-order valence-corrected chi connectivity index (χ2v) is 6.91. The Labute approximate surface area is 121 Å². The van der Waals surface area contributed by atoms with Crippen LogP contribution in [0.15, 0.2) is 0 Å². The van der Waals surface area contributed by atoms with Crippen LogP contribution in [-0.4, -0.2) is 34.8 Å². The van der Waals surface area contributed by atoms with E-state index >= 15 is 0 Å². The molecule has 0 aromatic heterocycles. The van der Waals surface area contributed by atoms with Gasteiger partial charge in [-0.25, -0.2) is 0 Å². The molecule has 1 heterocycles. The molecule has 0 spiro atoms. The molecule has 2 unspecified atom stereocenters. The van der Waals surface area contributed by atoms with Gasteiger partial charge in [0, 0.05) is 6.04 Å². The fourth-order valence-corrected chi connectivity index (χ4v) is 3.84. The molecule has 1 N–H and O–H groups in total. The number of piperazine rings is 1. The predicted molar refractivity (Wildman–Crippen MR) is 77.0 cm³/mol. The van der Waals surface area contributed by atoms with Gasteiger partial charge in [0.05, 0.1) is 0 Å². The highest BCUT2D eigenvalue weighted by Gasteiger charge is 2.48. The van der Waals surface area contributed by atoms with Gasteiger partial charge in [0.15, 0.2) is 0 Å². The Balaban J connectivity index is 1.79. The number of rotatable bonds is 3. The van der Waals surface area contributed by atoms with Crippen molar-refractivity contribution >= 4 is 11.8 Å². The molecule has 3 fully saturated rings. The first-order valence-electron chi connectivity index (χ1n) is 8.24. The lowest BCUT2D eigenvalue weighted by molar-refractivity contribution is -0.154. The van der Waals surface area contributed by atoms with Gasteiger partial charge in [-0.15, -0.1) is 0 Å². The second kappa shape index (κ2) is 5.38. The van der Waals surface area contributed by atoms with Crippen molar-refractivity contribution in [3.05, 3.63) is 0 Å². The van der Waals surface area contributed by atoms with Gasteiger partial charge in [0.25, 0.3) is 0 Å². The van der Waals surface area contributed by atoms with Crippen molar-refractivity contribution in [2.75, 3.05) is 0 Å². The molecule has 1 saturated heterocycles. The quantitative estimate of drug-likeness (QED) is 0.859. The number of hydrogen-bond donors (Lipinski definition) is 1. The van der Waals surface area contributed by atoms with Crippen molar-refractivity contribution in [3.8, 4) is 0 Å². The molecule has 0 aromatic carbocycles. The molecule has 0 bridgehead atoms. The van der Waals surface area contributed by atoms with E-state index in [0.717, 1.165) is 38.0 Å². The van der Waals surface area contributed by atoms with Crippen LogP contribution < -0.4 is 5.32 Å². The van der Waals surface area contributed by atoms with Gasteiger partial charge in [0.1, 0.15) is 12.1 Å². The first kappa shape index (κ1) is 13.9. The molecular weight excluding hydrogens is 252 g/mol. The Morgan fingerprint density at radius 2 is 1.75 bits per heavy atom. The molecule has 2 aliphatic carbocycles. The van der Waals surface area contributed by atoms with Gasteiger partial charge in [-0.05, 0) is 56.8 Å². The largest absolute Gasteiger partial charge is 0.342 e. The van der Waals surface area contributed by atoms with E-state index in [9.17, 15) is 9.59 Å². The molecule has 3 aliphatic rings. The summed E-state index contributed by atoms with van der Waals surface area (Å²) in [5, 5.41) is 2.98. The van der Waals surface area contributed by atoms with E-state index in [0.29, 0.717) is 5.92 Å². The summed E-state index contributed by atoms with van der Waals surface area (Å²) in [5.74, 6) is 1.43. The third kappa shape index (κ3) is 2.45. The minimum absolute atomic E-state index is 0.0719. The summed E-state index contributed by atoms with van der Waals surface area (Å²) in [6.07, 6.45) is 7.39.